The molecule has 11 heteroatoms. The van der Waals surface area contributed by atoms with Crippen LogP contribution in [0.4, 0.5) is 0 Å². The van der Waals surface area contributed by atoms with E-state index in [1.165, 1.54) is 25.3 Å². The topological polar surface area (TPSA) is 66.8 Å². The predicted octanol–water partition coefficient (Wildman–Crippen LogP) is 4.32. The first-order valence-corrected chi connectivity index (χ1v) is 21.0. The van der Waals surface area contributed by atoms with E-state index in [-0.39, 0.29) is 4.92 Å². The molecule has 2 unspecified atom stereocenters. The fourth-order valence-electron chi connectivity index (χ4n) is 1.00. The van der Waals surface area contributed by atoms with Crippen LogP contribution < -0.4 is 0 Å². The molecule has 0 aliphatic heterocycles. The normalized spacial score (nSPS) is 13.7. The molecule has 0 saturated heterocycles. The summed E-state index contributed by atoms with van der Waals surface area (Å²) in [6, 6.07) is 2.78. The maximum absolute atomic E-state index is 11.8. The third-order valence-electron chi connectivity index (χ3n) is 2.24. The van der Waals surface area contributed by atoms with Crippen LogP contribution in [0.25, 0.3) is 0 Å². The fourth-order valence-corrected chi connectivity index (χ4v) is 2.96. The Morgan fingerprint density at radius 2 is 2.05 bits per heavy atom. The number of carboxylic acids is 1. The number of hydrogen-bond acceptors (Lipinski definition) is 5. The van der Waals surface area contributed by atoms with Gasteiger partial charge in [-0.15, -0.1) is 11.3 Å². The molecule has 0 fully saturated rings. The summed E-state index contributed by atoms with van der Waals surface area (Å²) in [5.41, 5.74) is 0. The van der Waals surface area contributed by atoms with Crippen LogP contribution in [-0.2, 0) is 31.5 Å². The minimum absolute atomic E-state index is 0.278. The molecule has 1 N–H and O–H groups in total. The number of aliphatic carboxylic acids is 1. The van der Waals surface area contributed by atoms with Gasteiger partial charge in [-0.25, -0.2) is 4.21 Å². The molecule has 0 saturated carbocycles. The third kappa shape index (κ3) is 10.5. The number of rotatable bonds is 6. The quantitative estimate of drug-likeness (QED) is 0.353. The molecule has 2 atom stereocenters. The SMILES string of the molecule is CCc1ccc(S(=O)ON(C)C(C)C(=O)O)s1.[I][V]([I])[I]. The summed E-state index contributed by atoms with van der Waals surface area (Å²) in [5, 5.41) is 9.85. The second kappa shape index (κ2) is 12.4. The average Bonchev–Trinajstić information content (AvgIpc) is 2.85. The van der Waals surface area contributed by atoms with Crippen molar-refractivity contribution in [2.45, 2.75) is 30.5 Å². The number of carbonyl (C=O) groups is 1. The zero-order valence-corrected chi connectivity index (χ0v) is 21.0. The molecule has 0 aromatic carbocycles. The molecular weight excluding hydrogens is 694 g/mol. The monoisotopic (exact) mass is 709 g/mol. The Kier molecular flexibility index (Phi) is 13.6. The second-order valence-electron chi connectivity index (χ2n) is 3.64. The number of thiophene rings is 1. The number of aryl methyl sites for hydroxylation is 1. The molecule has 0 amide bonds. The Labute approximate surface area is 168 Å². The van der Waals surface area contributed by atoms with Gasteiger partial charge in [-0.05, 0) is 25.5 Å². The summed E-state index contributed by atoms with van der Waals surface area (Å²) in [7, 11) is 1.45. The van der Waals surface area contributed by atoms with Gasteiger partial charge < -0.3 is 5.11 Å². The van der Waals surface area contributed by atoms with Crippen molar-refractivity contribution < 1.29 is 23.3 Å². The van der Waals surface area contributed by atoms with E-state index in [2.05, 4.69) is 59.9 Å². The van der Waals surface area contributed by atoms with Gasteiger partial charge in [0.1, 0.15) is 10.3 Å². The summed E-state index contributed by atoms with van der Waals surface area (Å²) < 4.78 is 17.4. The summed E-state index contributed by atoms with van der Waals surface area (Å²) >= 11 is 7.14. The Morgan fingerprint density at radius 3 is 2.43 bits per heavy atom. The first-order valence-electron chi connectivity index (χ1n) is 5.61. The Morgan fingerprint density at radius 1 is 1.52 bits per heavy atom. The molecule has 0 radical (unpaired) electrons. The van der Waals surface area contributed by atoms with Crippen LogP contribution >= 0.6 is 71.3 Å². The van der Waals surface area contributed by atoms with Gasteiger partial charge in [-0.3, -0.25) is 4.79 Å². The molecular formula is C10H15I3NO4S2V. The van der Waals surface area contributed by atoms with Crippen LogP contribution in [-0.4, -0.2) is 33.4 Å². The van der Waals surface area contributed by atoms with E-state index in [4.69, 9.17) is 9.39 Å². The van der Waals surface area contributed by atoms with Gasteiger partial charge in [0.15, 0.2) is 0 Å². The molecule has 0 aliphatic carbocycles. The van der Waals surface area contributed by atoms with Crippen molar-refractivity contribution in [2.24, 2.45) is 0 Å². The molecule has 1 aromatic heterocycles. The van der Waals surface area contributed by atoms with Crippen molar-refractivity contribution in [2.75, 3.05) is 7.05 Å². The van der Waals surface area contributed by atoms with Crippen LogP contribution in [0.15, 0.2) is 16.3 Å². The first kappa shape index (κ1) is 23.0. The van der Waals surface area contributed by atoms with Crippen LogP contribution in [0.5, 0.6) is 0 Å². The van der Waals surface area contributed by atoms with Gasteiger partial charge in [0.05, 0.1) is 0 Å². The molecule has 21 heavy (non-hydrogen) atoms. The van der Waals surface area contributed by atoms with E-state index in [1.807, 2.05) is 13.0 Å². The predicted molar refractivity (Wildman–Crippen MR) is 108 cm³/mol. The average molecular weight is 709 g/mol. The number of hydroxylamine groups is 2. The van der Waals surface area contributed by atoms with Crippen molar-refractivity contribution in [3.05, 3.63) is 17.0 Å². The van der Waals surface area contributed by atoms with Gasteiger partial charge in [0.25, 0.3) is 0 Å². The van der Waals surface area contributed by atoms with Gasteiger partial charge >= 0.3 is 70.8 Å². The van der Waals surface area contributed by atoms with Crippen molar-refractivity contribution in [1.29, 1.82) is 0 Å². The van der Waals surface area contributed by atoms with E-state index < -0.39 is 23.1 Å². The molecule has 122 valence electrons. The van der Waals surface area contributed by atoms with Gasteiger partial charge in [0.2, 0.25) is 11.1 Å². The number of carboxylic acid groups (broad SMARTS) is 1. The number of halogens is 3. The van der Waals surface area contributed by atoms with E-state index in [0.29, 0.717) is 4.21 Å². The van der Waals surface area contributed by atoms with E-state index in [1.54, 1.807) is 6.07 Å². The molecule has 0 spiro atoms. The Bertz CT molecular complexity index is 472. The van der Waals surface area contributed by atoms with Crippen LogP contribution in [0.3, 0.4) is 0 Å². The molecule has 0 aliphatic rings. The third-order valence-corrected chi connectivity index (χ3v) is 4.76. The van der Waals surface area contributed by atoms with Crippen LogP contribution in [0.2, 0.25) is 0 Å². The van der Waals surface area contributed by atoms with Gasteiger partial charge in [0, 0.05) is 11.9 Å². The zero-order valence-electron chi connectivity index (χ0n) is 11.5. The van der Waals surface area contributed by atoms with E-state index >= 15 is 0 Å². The Balaban J connectivity index is 0.000000885. The standard InChI is InChI=1S/C10H15NO4S2.3HI.V/c1-4-8-5-6-9(16-8)17(14)15-11(3)7(2)10(12)13;;;;/h5-7H,4H2,1-3H3,(H,12,13);3*1H;/q;;;;+3/p-3. The fraction of sp³-hybridized carbons (Fsp3) is 0.500. The number of nitrogens with zero attached hydrogens (tertiary/aromatic N) is 1. The van der Waals surface area contributed by atoms with Gasteiger partial charge in [-0.2, -0.15) is 9.35 Å². The summed E-state index contributed by atoms with van der Waals surface area (Å²) in [4.78, 5) is 11.5. The number of likely N-dealkylation sites (N-methyl/N-ethyl adjacent to an activating group) is 1. The second-order valence-corrected chi connectivity index (χ2v) is 41.5. The van der Waals surface area contributed by atoms with E-state index in [0.717, 1.165) is 16.4 Å². The molecule has 1 rings (SSSR count). The van der Waals surface area contributed by atoms with Crippen molar-refractivity contribution >= 4 is 88.3 Å². The molecule has 1 heterocycles. The zero-order chi connectivity index (χ0) is 16.6. The maximum atomic E-state index is 11.8. The van der Waals surface area contributed by atoms with Gasteiger partial charge in [-0.1, -0.05) is 6.92 Å². The molecule has 5 nitrogen and oxygen atoms in total. The van der Waals surface area contributed by atoms with Crippen molar-refractivity contribution in [1.82, 2.24) is 5.06 Å². The first-order chi connectivity index (χ1) is 9.68. The molecule has 1 aromatic rings. The number of hydrogen-bond donors (Lipinski definition) is 1. The summed E-state index contributed by atoms with van der Waals surface area (Å²) in [5.74, 6) is -1.02. The summed E-state index contributed by atoms with van der Waals surface area (Å²) in [6.45, 7) is 3.48. The van der Waals surface area contributed by atoms with Crippen LogP contribution in [0, 0.1) is 0 Å². The van der Waals surface area contributed by atoms with Crippen LogP contribution in [0.1, 0.15) is 18.7 Å². The van der Waals surface area contributed by atoms with Crippen molar-refractivity contribution in [3.63, 3.8) is 0 Å². The molecule has 0 bridgehead atoms. The Hall–Kier alpha value is 2.01. The van der Waals surface area contributed by atoms with E-state index in [9.17, 15) is 9.00 Å². The summed E-state index contributed by atoms with van der Waals surface area (Å²) in [6.07, 6.45) is 0.878. The minimum atomic E-state index is -1.65. The van der Waals surface area contributed by atoms with Crippen molar-refractivity contribution in [3.8, 4) is 0 Å².